The summed E-state index contributed by atoms with van der Waals surface area (Å²) in [6, 6.07) is 0. The Morgan fingerprint density at radius 2 is 0.750 bits per heavy atom. The van der Waals surface area contributed by atoms with Gasteiger partial charge in [-0.2, -0.15) is 0 Å². The lowest BCUT2D eigenvalue weighted by atomic mass is 9.70. The van der Waals surface area contributed by atoms with Crippen LogP contribution in [-0.4, -0.2) is 0 Å². The van der Waals surface area contributed by atoms with Gasteiger partial charge in [0.25, 0.3) is 0 Å². The quantitative estimate of drug-likeness (QED) is 0.487. The first-order chi connectivity index (χ1) is 11.6. The second-order valence-corrected chi connectivity index (χ2v) is 9.74. The zero-order valence-electron chi connectivity index (χ0n) is 17.4. The summed E-state index contributed by atoms with van der Waals surface area (Å²) < 4.78 is 0. The molecule has 0 heterocycles. The van der Waals surface area contributed by atoms with E-state index in [4.69, 9.17) is 0 Å². The molecule has 0 aromatic heterocycles. The Balaban J connectivity index is 0.000000185. The molecule has 3 rings (SSSR count). The van der Waals surface area contributed by atoms with Gasteiger partial charge >= 0.3 is 0 Å². The second kappa shape index (κ2) is 10.9. The molecule has 0 aliphatic heterocycles. The van der Waals surface area contributed by atoms with Crippen molar-refractivity contribution in [2.75, 3.05) is 0 Å². The van der Waals surface area contributed by atoms with Gasteiger partial charge in [0.2, 0.25) is 0 Å². The van der Waals surface area contributed by atoms with Crippen LogP contribution in [0.3, 0.4) is 0 Å². The van der Waals surface area contributed by atoms with Crippen LogP contribution in [0.5, 0.6) is 0 Å². The minimum Gasteiger partial charge on any atom is -0.0651 e. The van der Waals surface area contributed by atoms with Crippen LogP contribution in [0, 0.1) is 35.5 Å². The summed E-state index contributed by atoms with van der Waals surface area (Å²) in [5.74, 6) is 6.41. The topological polar surface area (TPSA) is 0 Å². The largest absolute Gasteiger partial charge is 0.0651 e. The van der Waals surface area contributed by atoms with E-state index in [1.54, 1.807) is 25.7 Å². The molecule has 3 saturated carbocycles. The Morgan fingerprint density at radius 3 is 1.00 bits per heavy atom. The normalized spacial score (nSPS) is 40.5. The van der Waals surface area contributed by atoms with Gasteiger partial charge in [-0.25, -0.2) is 0 Å². The highest BCUT2D eigenvalue weighted by Gasteiger charge is 2.28. The molecule has 0 spiro atoms. The number of hydrogen-bond acceptors (Lipinski definition) is 0. The van der Waals surface area contributed by atoms with Crippen molar-refractivity contribution >= 4 is 0 Å². The Bertz CT molecular complexity index is 264. The predicted octanol–water partition coefficient (Wildman–Crippen LogP) is 8.25. The summed E-state index contributed by atoms with van der Waals surface area (Å²) in [7, 11) is 0. The highest BCUT2D eigenvalue weighted by molar-refractivity contribution is 4.80. The van der Waals surface area contributed by atoms with Crippen molar-refractivity contribution in [3.05, 3.63) is 0 Å². The van der Waals surface area contributed by atoms with Crippen molar-refractivity contribution in [1.82, 2.24) is 0 Å². The first kappa shape index (κ1) is 20.3. The summed E-state index contributed by atoms with van der Waals surface area (Å²) >= 11 is 0. The Kier molecular flexibility index (Phi) is 9.20. The van der Waals surface area contributed by atoms with E-state index in [0.717, 1.165) is 35.5 Å². The lowest BCUT2D eigenvalue weighted by Gasteiger charge is -2.36. The molecule has 0 nitrogen and oxygen atoms in total. The zero-order valence-corrected chi connectivity index (χ0v) is 17.4. The molecule has 142 valence electrons. The average molecular weight is 335 g/mol. The van der Waals surface area contributed by atoms with Gasteiger partial charge in [-0.15, -0.1) is 0 Å². The third-order valence-corrected chi connectivity index (χ3v) is 7.91. The fourth-order valence-corrected chi connectivity index (χ4v) is 5.56. The summed E-state index contributed by atoms with van der Waals surface area (Å²) in [4.78, 5) is 0. The minimum absolute atomic E-state index is 1.02. The Morgan fingerprint density at radius 1 is 0.458 bits per heavy atom. The molecule has 0 bridgehead atoms. The van der Waals surface area contributed by atoms with Crippen molar-refractivity contribution in [2.24, 2.45) is 35.5 Å². The number of hydrogen-bond donors (Lipinski definition) is 0. The molecule has 0 saturated heterocycles. The van der Waals surface area contributed by atoms with Gasteiger partial charge < -0.3 is 0 Å². The van der Waals surface area contributed by atoms with Crippen LogP contribution in [0.4, 0.5) is 0 Å². The first-order valence-corrected chi connectivity index (χ1v) is 11.6. The lowest BCUT2D eigenvalue weighted by Crippen LogP contribution is -2.24. The summed E-state index contributed by atoms with van der Waals surface area (Å²) in [5.41, 5.74) is 0. The van der Waals surface area contributed by atoms with Crippen molar-refractivity contribution < 1.29 is 0 Å². The van der Waals surface area contributed by atoms with Crippen LogP contribution < -0.4 is 0 Å². The molecule has 0 N–H and O–H groups in total. The van der Waals surface area contributed by atoms with E-state index in [9.17, 15) is 0 Å². The van der Waals surface area contributed by atoms with Crippen LogP contribution in [0.25, 0.3) is 0 Å². The molecule has 0 aromatic carbocycles. The maximum absolute atomic E-state index is 2.43. The average Bonchev–Trinajstić information content (AvgIpc) is 2.64. The molecule has 3 fully saturated rings. The van der Waals surface area contributed by atoms with Crippen LogP contribution >= 0.6 is 0 Å². The second-order valence-electron chi connectivity index (χ2n) is 9.74. The Hall–Kier alpha value is 0. The van der Waals surface area contributed by atoms with E-state index in [2.05, 4.69) is 27.7 Å². The molecular formula is C24H46. The molecule has 0 amide bonds. The fourth-order valence-electron chi connectivity index (χ4n) is 5.56. The van der Waals surface area contributed by atoms with E-state index >= 15 is 0 Å². The van der Waals surface area contributed by atoms with E-state index < -0.39 is 0 Å². The smallest absolute Gasteiger partial charge is 0.0386 e. The monoisotopic (exact) mass is 334 g/mol. The fraction of sp³-hybridized carbons (Fsp3) is 1.00. The van der Waals surface area contributed by atoms with Crippen molar-refractivity contribution in [1.29, 1.82) is 0 Å². The SMILES string of the molecule is CC1CCC(C2CCC(C)CC2)CC1.CCC1CCC(CC)CC1. The molecule has 24 heavy (non-hydrogen) atoms. The van der Waals surface area contributed by atoms with E-state index in [1.807, 2.05) is 0 Å². The molecule has 0 aromatic rings. The third kappa shape index (κ3) is 6.72. The molecule has 0 heteroatoms. The Labute approximate surface area is 153 Å². The van der Waals surface area contributed by atoms with E-state index in [1.165, 1.54) is 64.2 Å². The van der Waals surface area contributed by atoms with Gasteiger partial charge in [0.15, 0.2) is 0 Å². The van der Waals surface area contributed by atoms with Gasteiger partial charge in [0.1, 0.15) is 0 Å². The minimum atomic E-state index is 1.02. The molecule has 3 aliphatic rings. The number of rotatable bonds is 3. The standard InChI is InChI=1S/C14H26.C10H20/c1-11-3-7-13(8-4-11)14-9-5-12(2)6-10-14;1-3-9-5-7-10(4-2)8-6-9/h11-14H,3-10H2,1-2H3;9-10H,3-8H2,1-2H3. The highest BCUT2D eigenvalue weighted by Crippen LogP contribution is 2.41. The molecule has 0 atom stereocenters. The van der Waals surface area contributed by atoms with Gasteiger partial charge in [-0.1, -0.05) is 91.9 Å². The predicted molar refractivity (Wildman–Crippen MR) is 108 cm³/mol. The summed E-state index contributed by atoms with van der Waals surface area (Å²) in [6.07, 6.45) is 21.1. The van der Waals surface area contributed by atoms with Crippen LogP contribution in [0.2, 0.25) is 0 Å². The first-order valence-electron chi connectivity index (χ1n) is 11.6. The van der Waals surface area contributed by atoms with Crippen molar-refractivity contribution in [3.63, 3.8) is 0 Å². The van der Waals surface area contributed by atoms with Crippen LogP contribution in [0.1, 0.15) is 118 Å². The molecule has 3 aliphatic carbocycles. The summed E-state index contributed by atoms with van der Waals surface area (Å²) in [5, 5.41) is 0. The highest BCUT2D eigenvalue weighted by atomic mass is 14.3. The van der Waals surface area contributed by atoms with Crippen LogP contribution in [0.15, 0.2) is 0 Å². The van der Waals surface area contributed by atoms with E-state index in [-0.39, 0.29) is 0 Å². The van der Waals surface area contributed by atoms with Gasteiger partial charge in [-0.05, 0) is 61.2 Å². The zero-order chi connectivity index (χ0) is 17.4. The third-order valence-electron chi connectivity index (χ3n) is 7.91. The molecule has 0 radical (unpaired) electrons. The maximum atomic E-state index is 2.43. The maximum Gasteiger partial charge on any atom is -0.0386 e. The summed E-state index contributed by atoms with van der Waals surface area (Å²) in [6.45, 7) is 9.52. The molecular weight excluding hydrogens is 288 g/mol. The van der Waals surface area contributed by atoms with Crippen molar-refractivity contribution in [3.8, 4) is 0 Å². The van der Waals surface area contributed by atoms with Gasteiger partial charge in [-0.3, -0.25) is 0 Å². The van der Waals surface area contributed by atoms with Crippen molar-refractivity contribution in [2.45, 2.75) is 118 Å². The van der Waals surface area contributed by atoms with Gasteiger partial charge in [0, 0.05) is 0 Å². The van der Waals surface area contributed by atoms with Gasteiger partial charge in [0.05, 0.1) is 0 Å². The van der Waals surface area contributed by atoms with Crippen LogP contribution in [-0.2, 0) is 0 Å². The van der Waals surface area contributed by atoms with E-state index in [0.29, 0.717) is 0 Å². The molecule has 0 unspecified atom stereocenters. The lowest BCUT2D eigenvalue weighted by molar-refractivity contribution is 0.155.